The van der Waals surface area contributed by atoms with Crippen LogP contribution >= 0.6 is 23.5 Å². The van der Waals surface area contributed by atoms with E-state index < -0.39 is 23.2 Å². The molecule has 0 aliphatic carbocycles. The number of aromatic nitrogens is 3. The fourth-order valence-corrected chi connectivity index (χ4v) is 4.70. The Kier molecular flexibility index (Phi) is 8.65. The molecule has 3 aromatic carbocycles. The van der Waals surface area contributed by atoms with Crippen molar-refractivity contribution in [1.82, 2.24) is 14.8 Å². The van der Waals surface area contributed by atoms with Crippen LogP contribution in [-0.4, -0.2) is 26.8 Å². The first-order valence-electron chi connectivity index (χ1n) is 12.1. The van der Waals surface area contributed by atoms with Crippen LogP contribution in [0.25, 0.3) is 16.6 Å². The van der Waals surface area contributed by atoms with E-state index in [1.807, 2.05) is 26.2 Å². The summed E-state index contributed by atoms with van der Waals surface area (Å²) in [6, 6.07) is 11.0. The summed E-state index contributed by atoms with van der Waals surface area (Å²) < 4.78 is 52.2. The molecule has 4 N–H and O–H groups in total. The van der Waals surface area contributed by atoms with Gasteiger partial charge in [-0.15, -0.1) is 0 Å². The normalized spacial score (nSPS) is 10.8. The molecule has 12 heteroatoms. The molecule has 0 radical (unpaired) electrons. The summed E-state index contributed by atoms with van der Waals surface area (Å²) in [5, 5.41) is 5.37. The van der Waals surface area contributed by atoms with Crippen molar-refractivity contribution in [2.24, 2.45) is 0 Å². The zero-order valence-corrected chi connectivity index (χ0v) is 23.5. The van der Waals surface area contributed by atoms with E-state index in [2.05, 4.69) is 14.8 Å². The lowest BCUT2D eigenvalue weighted by molar-refractivity contribution is 0.103. The highest BCUT2D eigenvalue weighted by Crippen LogP contribution is 2.33. The predicted molar refractivity (Wildman–Crippen MR) is 154 cm³/mol. The van der Waals surface area contributed by atoms with E-state index in [0.29, 0.717) is 21.8 Å². The van der Waals surface area contributed by atoms with Gasteiger partial charge in [0.2, 0.25) is 11.6 Å². The molecular formula is C28H25ClF3N5O2S. The number of ether oxygens (including phenoxy) is 1. The van der Waals surface area contributed by atoms with Gasteiger partial charge in [-0.05, 0) is 48.9 Å². The number of ketones is 1. The number of rotatable bonds is 7. The maximum Gasteiger partial charge on any atom is 0.214 e. The van der Waals surface area contributed by atoms with Crippen LogP contribution in [0.2, 0.25) is 5.02 Å². The van der Waals surface area contributed by atoms with Crippen LogP contribution in [0.3, 0.4) is 0 Å². The molecule has 0 atom stereocenters. The van der Waals surface area contributed by atoms with Crippen LogP contribution in [0.5, 0.6) is 11.5 Å². The number of aryl methyl sites for hydroxylation is 1. The van der Waals surface area contributed by atoms with Gasteiger partial charge in [-0.3, -0.25) is 4.79 Å². The Morgan fingerprint density at radius 2 is 1.88 bits per heavy atom. The summed E-state index contributed by atoms with van der Waals surface area (Å²) in [6.07, 6.45) is 3.12. The number of carbonyl (C=O) groups excluding carboxylic acids is 1. The molecule has 0 unspecified atom stereocenters. The third kappa shape index (κ3) is 5.47. The second kappa shape index (κ2) is 12.0. The van der Waals surface area contributed by atoms with Crippen molar-refractivity contribution in [3.05, 3.63) is 94.0 Å². The number of hydrogen-bond donors (Lipinski definition) is 3. The second-order valence-corrected chi connectivity index (χ2v) is 9.34. The minimum atomic E-state index is -1.19. The Labute approximate surface area is 237 Å². The number of benzene rings is 3. The van der Waals surface area contributed by atoms with Crippen LogP contribution in [0, 0.1) is 24.4 Å². The van der Waals surface area contributed by atoms with Crippen molar-refractivity contribution < 1.29 is 22.7 Å². The average Bonchev–Trinajstić information content (AvgIpc) is 3.51. The number of nitrogens with zero attached hydrogens (tertiary/aromatic N) is 2. The van der Waals surface area contributed by atoms with E-state index in [4.69, 9.17) is 22.1 Å². The Hall–Kier alpha value is -4.09. The standard InChI is InChI=1S/C26H19ClF3N5O2S.C2H6/c1-12-6-14(37-22-5-3-4-17(28)23(22)30)9-18(29)24(12)35-26(31)15(11-32-35)25(36)21-8-13-7-20(34-38-2)16(27)10-19(13)33-21;1-2/h3-11,33-34H,31H2,1-2H3;1-2H3. The molecule has 2 aromatic heterocycles. The van der Waals surface area contributed by atoms with Gasteiger partial charge in [0.25, 0.3) is 0 Å². The van der Waals surface area contributed by atoms with E-state index in [1.165, 1.54) is 36.3 Å². The zero-order chi connectivity index (χ0) is 29.1. The Morgan fingerprint density at radius 3 is 2.58 bits per heavy atom. The highest BCUT2D eigenvalue weighted by molar-refractivity contribution is 7.99. The van der Waals surface area contributed by atoms with Crippen molar-refractivity contribution >= 4 is 51.7 Å². The molecule has 40 heavy (non-hydrogen) atoms. The molecule has 5 rings (SSSR count). The van der Waals surface area contributed by atoms with E-state index in [9.17, 15) is 13.6 Å². The number of fused-ring (bicyclic) bond motifs is 1. The second-order valence-electron chi connectivity index (χ2n) is 8.32. The van der Waals surface area contributed by atoms with Crippen molar-refractivity contribution in [2.45, 2.75) is 20.8 Å². The molecular weight excluding hydrogens is 563 g/mol. The lowest BCUT2D eigenvalue weighted by Crippen LogP contribution is -2.10. The van der Waals surface area contributed by atoms with E-state index in [0.717, 1.165) is 22.2 Å². The van der Waals surface area contributed by atoms with Crippen LogP contribution in [0.1, 0.15) is 35.5 Å². The number of carbonyl (C=O) groups is 1. The first-order chi connectivity index (χ1) is 19.2. The SMILES string of the molecule is CC.CSNc1cc2cc(C(=O)c3cnn(-c4c(C)cc(Oc5cccc(F)c5F)cc4F)c3N)[nH]c2cc1Cl. The molecule has 2 heterocycles. The lowest BCUT2D eigenvalue weighted by atomic mass is 10.1. The van der Waals surface area contributed by atoms with Crippen LogP contribution in [-0.2, 0) is 0 Å². The predicted octanol–water partition coefficient (Wildman–Crippen LogP) is 8.05. The minimum absolute atomic E-state index is 0.0233. The highest BCUT2D eigenvalue weighted by Gasteiger charge is 2.23. The number of nitrogens with one attached hydrogen (secondary N) is 2. The molecule has 0 aliphatic heterocycles. The molecule has 208 valence electrons. The van der Waals surface area contributed by atoms with Gasteiger partial charge in [0.05, 0.1) is 28.2 Å². The smallest absolute Gasteiger partial charge is 0.214 e. The Morgan fingerprint density at radius 1 is 1.12 bits per heavy atom. The van der Waals surface area contributed by atoms with Gasteiger partial charge >= 0.3 is 0 Å². The number of halogens is 4. The molecule has 0 saturated carbocycles. The van der Waals surface area contributed by atoms with Crippen LogP contribution < -0.4 is 15.2 Å². The number of nitrogen functional groups attached to an aromatic ring is 1. The maximum absolute atomic E-state index is 15.2. The number of H-pyrrole nitrogens is 1. The Bertz CT molecular complexity index is 1700. The molecule has 7 nitrogen and oxygen atoms in total. The third-order valence-corrected chi connectivity index (χ3v) is 6.54. The monoisotopic (exact) mass is 587 g/mol. The first kappa shape index (κ1) is 28.9. The minimum Gasteiger partial charge on any atom is -0.454 e. The van der Waals surface area contributed by atoms with Gasteiger partial charge in [0.1, 0.15) is 17.3 Å². The van der Waals surface area contributed by atoms with Gasteiger partial charge in [-0.1, -0.05) is 43.5 Å². The van der Waals surface area contributed by atoms with Gasteiger partial charge in [-0.2, -0.15) is 9.49 Å². The van der Waals surface area contributed by atoms with E-state index in [-0.39, 0.29) is 34.3 Å². The first-order valence-corrected chi connectivity index (χ1v) is 13.7. The fourth-order valence-electron chi connectivity index (χ4n) is 4.04. The summed E-state index contributed by atoms with van der Waals surface area (Å²) in [5.74, 6) is -4.04. The number of aromatic amines is 1. The number of anilines is 2. The quantitative estimate of drug-likeness (QED) is 0.132. The van der Waals surface area contributed by atoms with Gasteiger partial charge in [-0.25, -0.2) is 13.5 Å². The topological polar surface area (TPSA) is 98.0 Å². The molecule has 0 aliphatic rings. The van der Waals surface area contributed by atoms with Crippen LogP contribution in [0.15, 0.2) is 54.7 Å². The van der Waals surface area contributed by atoms with Gasteiger partial charge in [0, 0.05) is 23.2 Å². The van der Waals surface area contributed by atoms with E-state index >= 15 is 4.39 Å². The lowest BCUT2D eigenvalue weighted by Gasteiger charge is -2.13. The number of nitrogens with two attached hydrogens (primary N) is 1. The molecule has 5 aromatic rings. The summed E-state index contributed by atoms with van der Waals surface area (Å²) in [6.45, 7) is 5.57. The maximum atomic E-state index is 15.2. The summed E-state index contributed by atoms with van der Waals surface area (Å²) in [5.41, 5.74) is 8.22. The summed E-state index contributed by atoms with van der Waals surface area (Å²) in [7, 11) is 0. The van der Waals surface area contributed by atoms with Crippen molar-refractivity contribution in [1.29, 1.82) is 0 Å². The van der Waals surface area contributed by atoms with E-state index in [1.54, 1.807) is 19.1 Å². The fraction of sp³-hybridized carbons (Fsp3) is 0.143. The van der Waals surface area contributed by atoms with Crippen molar-refractivity contribution in [3.8, 4) is 17.2 Å². The third-order valence-electron chi connectivity index (χ3n) is 5.80. The zero-order valence-electron chi connectivity index (χ0n) is 21.9. The van der Waals surface area contributed by atoms with Crippen molar-refractivity contribution in [2.75, 3.05) is 16.7 Å². The summed E-state index contributed by atoms with van der Waals surface area (Å²) >= 11 is 7.68. The van der Waals surface area contributed by atoms with Gasteiger partial charge in [0.15, 0.2) is 17.4 Å². The average molecular weight is 588 g/mol. The molecule has 0 fully saturated rings. The molecule has 0 bridgehead atoms. The Balaban J connectivity index is 0.00000181. The molecule has 0 spiro atoms. The molecule has 0 amide bonds. The number of hydrogen-bond acceptors (Lipinski definition) is 6. The summed E-state index contributed by atoms with van der Waals surface area (Å²) in [4.78, 5) is 16.3. The highest BCUT2D eigenvalue weighted by atomic mass is 35.5. The molecule has 0 saturated heterocycles. The largest absolute Gasteiger partial charge is 0.454 e. The van der Waals surface area contributed by atoms with Crippen molar-refractivity contribution in [3.63, 3.8) is 0 Å². The van der Waals surface area contributed by atoms with Crippen LogP contribution in [0.4, 0.5) is 24.7 Å². The van der Waals surface area contributed by atoms with Gasteiger partial charge < -0.3 is 20.2 Å².